The quantitative estimate of drug-likeness (QED) is 0.404. The van der Waals surface area contributed by atoms with Gasteiger partial charge in [0.05, 0.1) is 23.0 Å². The number of hydrogen-bond donors (Lipinski definition) is 2. The van der Waals surface area contributed by atoms with Crippen LogP contribution in [0.4, 0.5) is 5.82 Å². The fraction of sp³-hybridized carbons (Fsp3) is 0.238. The standard InChI is InChI=1S/C21H21ClN6O3/c1-13-18-19(23-8-9-24-21(29)16-7-4-10-31-16)25-17(12-30-2)26-20(18)28(27-13)15-6-3-5-14(22)11-15/h3-7,10-11H,8-9,12H2,1-2H3,(H,24,29)(H,23,25,26). The number of ether oxygens (including phenoxy) is 1. The number of methoxy groups -OCH3 is 1. The number of hydrogen-bond acceptors (Lipinski definition) is 7. The van der Waals surface area contributed by atoms with Gasteiger partial charge in [0.25, 0.3) is 5.91 Å². The molecule has 31 heavy (non-hydrogen) atoms. The first kappa shape index (κ1) is 20.8. The van der Waals surface area contributed by atoms with Gasteiger partial charge in [-0.2, -0.15) is 5.10 Å². The summed E-state index contributed by atoms with van der Waals surface area (Å²) >= 11 is 6.16. The van der Waals surface area contributed by atoms with Crippen LogP contribution in [-0.2, 0) is 11.3 Å². The number of nitrogens with zero attached hydrogens (tertiary/aromatic N) is 4. The predicted molar refractivity (Wildman–Crippen MR) is 117 cm³/mol. The van der Waals surface area contributed by atoms with E-state index in [0.717, 1.165) is 16.8 Å². The molecule has 0 saturated heterocycles. The number of aryl methyl sites for hydroxylation is 1. The van der Waals surface area contributed by atoms with Crippen molar-refractivity contribution in [3.63, 3.8) is 0 Å². The fourth-order valence-corrected chi connectivity index (χ4v) is 3.37. The topological polar surface area (TPSA) is 107 Å². The lowest BCUT2D eigenvalue weighted by Gasteiger charge is -2.10. The molecular weight excluding hydrogens is 420 g/mol. The van der Waals surface area contributed by atoms with Crippen molar-refractivity contribution in [1.29, 1.82) is 0 Å². The molecule has 0 spiro atoms. The van der Waals surface area contributed by atoms with Gasteiger partial charge in [-0.25, -0.2) is 14.6 Å². The Bertz CT molecular complexity index is 1210. The zero-order valence-corrected chi connectivity index (χ0v) is 17.8. The third-order valence-electron chi connectivity index (χ3n) is 4.52. The summed E-state index contributed by atoms with van der Waals surface area (Å²) in [6.45, 7) is 2.98. The smallest absolute Gasteiger partial charge is 0.287 e. The van der Waals surface area contributed by atoms with Crippen LogP contribution in [0.25, 0.3) is 16.7 Å². The molecule has 0 radical (unpaired) electrons. The maximum absolute atomic E-state index is 12.0. The summed E-state index contributed by atoms with van der Waals surface area (Å²) in [5, 5.41) is 12.1. The molecule has 0 aliphatic rings. The van der Waals surface area contributed by atoms with Crippen molar-refractivity contribution in [2.45, 2.75) is 13.5 Å². The van der Waals surface area contributed by atoms with Gasteiger partial charge in [0, 0.05) is 25.2 Å². The average molecular weight is 441 g/mol. The Morgan fingerprint density at radius 2 is 2.10 bits per heavy atom. The van der Waals surface area contributed by atoms with E-state index in [1.807, 2.05) is 25.1 Å². The summed E-state index contributed by atoms with van der Waals surface area (Å²) < 4.78 is 12.1. The molecule has 9 nitrogen and oxygen atoms in total. The Hall–Kier alpha value is -3.43. The number of benzene rings is 1. The van der Waals surface area contributed by atoms with Crippen molar-refractivity contribution in [2.24, 2.45) is 0 Å². The molecule has 1 aromatic carbocycles. The monoisotopic (exact) mass is 440 g/mol. The van der Waals surface area contributed by atoms with E-state index >= 15 is 0 Å². The SMILES string of the molecule is COCc1nc(NCCNC(=O)c2ccco2)c2c(C)nn(-c3cccc(Cl)c3)c2n1. The van der Waals surface area contributed by atoms with Crippen LogP contribution in [0.3, 0.4) is 0 Å². The molecule has 0 aliphatic heterocycles. The van der Waals surface area contributed by atoms with Gasteiger partial charge >= 0.3 is 0 Å². The first-order valence-corrected chi connectivity index (χ1v) is 10.0. The fourth-order valence-electron chi connectivity index (χ4n) is 3.19. The molecule has 0 aliphatic carbocycles. The molecule has 4 rings (SSSR count). The summed E-state index contributed by atoms with van der Waals surface area (Å²) in [5.74, 6) is 1.13. The number of anilines is 1. The van der Waals surface area contributed by atoms with E-state index in [4.69, 9.17) is 20.8 Å². The summed E-state index contributed by atoms with van der Waals surface area (Å²) in [5.41, 5.74) is 2.20. The molecule has 0 saturated carbocycles. The predicted octanol–water partition coefficient (Wildman–Crippen LogP) is 3.36. The second-order valence-electron chi connectivity index (χ2n) is 6.76. The number of furan rings is 1. The molecule has 3 aromatic heterocycles. The van der Waals surface area contributed by atoms with Crippen molar-refractivity contribution in [2.75, 3.05) is 25.5 Å². The number of fused-ring (bicyclic) bond motifs is 1. The molecule has 1 amide bonds. The van der Waals surface area contributed by atoms with Crippen LogP contribution in [0.1, 0.15) is 22.1 Å². The third kappa shape index (κ3) is 4.52. The van der Waals surface area contributed by atoms with E-state index in [1.165, 1.54) is 6.26 Å². The molecule has 160 valence electrons. The van der Waals surface area contributed by atoms with Crippen LogP contribution >= 0.6 is 11.6 Å². The van der Waals surface area contributed by atoms with Crippen LogP contribution < -0.4 is 10.6 Å². The lowest BCUT2D eigenvalue weighted by molar-refractivity contribution is 0.0927. The van der Waals surface area contributed by atoms with Crippen molar-refractivity contribution in [1.82, 2.24) is 25.1 Å². The Balaban J connectivity index is 1.60. The molecule has 0 bridgehead atoms. The van der Waals surface area contributed by atoms with Crippen LogP contribution in [0.5, 0.6) is 0 Å². The average Bonchev–Trinajstić information content (AvgIpc) is 3.40. The number of carbonyl (C=O) groups excluding carboxylic acids is 1. The van der Waals surface area contributed by atoms with Gasteiger partial charge in [0.15, 0.2) is 17.2 Å². The van der Waals surface area contributed by atoms with Gasteiger partial charge in [-0.3, -0.25) is 4.79 Å². The minimum atomic E-state index is -0.273. The van der Waals surface area contributed by atoms with Gasteiger partial charge in [-0.15, -0.1) is 0 Å². The molecule has 4 aromatic rings. The van der Waals surface area contributed by atoms with E-state index in [2.05, 4.69) is 25.7 Å². The number of nitrogens with one attached hydrogen (secondary N) is 2. The highest BCUT2D eigenvalue weighted by Gasteiger charge is 2.18. The molecule has 10 heteroatoms. The highest BCUT2D eigenvalue weighted by atomic mass is 35.5. The lowest BCUT2D eigenvalue weighted by Crippen LogP contribution is -2.28. The number of aromatic nitrogens is 4. The van der Waals surface area contributed by atoms with Gasteiger partial charge in [0.1, 0.15) is 12.4 Å². The van der Waals surface area contributed by atoms with Gasteiger partial charge in [-0.05, 0) is 37.3 Å². The zero-order valence-electron chi connectivity index (χ0n) is 17.1. The Morgan fingerprint density at radius 3 is 2.84 bits per heavy atom. The largest absolute Gasteiger partial charge is 0.459 e. The highest BCUT2D eigenvalue weighted by molar-refractivity contribution is 6.30. The molecule has 0 unspecified atom stereocenters. The van der Waals surface area contributed by atoms with Gasteiger partial charge in [-0.1, -0.05) is 17.7 Å². The molecular formula is C21H21ClN6O3. The van der Waals surface area contributed by atoms with E-state index in [0.29, 0.717) is 35.4 Å². The first-order valence-electron chi connectivity index (χ1n) is 9.63. The van der Waals surface area contributed by atoms with Gasteiger partial charge in [0.2, 0.25) is 0 Å². The number of carbonyl (C=O) groups is 1. The second kappa shape index (κ2) is 9.15. The number of halogens is 1. The Labute approximate surface area is 183 Å². The molecule has 2 N–H and O–H groups in total. The normalized spacial score (nSPS) is 11.1. The van der Waals surface area contributed by atoms with E-state index in [-0.39, 0.29) is 18.3 Å². The van der Waals surface area contributed by atoms with Crippen LogP contribution in [0.2, 0.25) is 5.02 Å². The van der Waals surface area contributed by atoms with E-state index in [9.17, 15) is 4.79 Å². The highest BCUT2D eigenvalue weighted by Crippen LogP contribution is 2.27. The first-order chi connectivity index (χ1) is 15.1. The summed E-state index contributed by atoms with van der Waals surface area (Å²) in [6.07, 6.45) is 1.46. The van der Waals surface area contributed by atoms with E-state index < -0.39 is 0 Å². The van der Waals surface area contributed by atoms with Crippen molar-refractivity contribution < 1.29 is 13.9 Å². The number of amides is 1. The summed E-state index contributed by atoms with van der Waals surface area (Å²) in [7, 11) is 1.59. The minimum absolute atomic E-state index is 0.250. The number of rotatable bonds is 8. The van der Waals surface area contributed by atoms with Gasteiger partial charge < -0.3 is 19.8 Å². The lowest BCUT2D eigenvalue weighted by atomic mass is 10.3. The van der Waals surface area contributed by atoms with Crippen molar-refractivity contribution >= 4 is 34.4 Å². The Kier molecular flexibility index (Phi) is 6.15. The van der Waals surface area contributed by atoms with Crippen molar-refractivity contribution in [3.05, 3.63) is 65.0 Å². The zero-order chi connectivity index (χ0) is 21.8. The van der Waals surface area contributed by atoms with Crippen LogP contribution in [-0.4, -0.2) is 45.9 Å². The maximum Gasteiger partial charge on any atom is 0.287 e. The maximum atomic E-state index is 12.0. The van der Waals surface area contributed by atoms with Crippen LogP contribution in [0, 0.1) is 6.92 Å². The third-order valence-corrected chi connectivity index (χ3v) is 4.76. The van der Waals surface area contributed by atoms with E-state index in [1.54, 1.807) is 30.0 Å². The minimum Gasteiger partial charge on any atom is -0.459 e. The van der Waals surface area contributed by atoms with Crippen molar-refractivity contribution in [3.8, 4) is 5.69 Å². The second-order valence-corrected chi connectivity index (χ2v) is 7.19. The summed E-state index contributed by atoms with van der Waals surface area (Å²) in [4.78, 5) is 21.2. The van der Waals surface area contributed by atoms with Crippen LogP contribution in [0.15, 0.2) is 47.1 Å². The summed E-state index contributed by atoms with van der Waals surface area (Å²) in [6, 6.07) is 10.7. The Morgan fingerprint density at radius 1 is 1.23 bits per heavy atom. The molecule has 3 heterocycles. The molecule has 0 atom stereocenters. The molecule has 0 fully saturated rings.